The SMILES string of the molecule is NNc1nc(N2CCN3CCCC3C2)c2ccsc2n1. The van der Waals surface area contributed by atoms with Gasteiger partial charge in [-0.15, -0.1) is 11.3 Å². The molecule has 2 aliphatic heterocycles. The van der Waals surface area contributed by atoms with E-state index in [0.29, 0.717) is 12.0 Å². The minimum Gasteiger partial charge on any atom is -0.353 e. The highest BCUT2D eigenvalue weighted by Gasteiger charge is 2.31. The summed E-state index contributed by atoms with van der Waals surface area (Å²) < 4.78 is 0. The molecule has 2 fully saturated rings. The zero-order chi connectivity index (χ0) is 13.5. The van der Waals surface area contributed by atoms with Gasteiger partial charge in [0.25, 0.3) is 0 Å². The smallest absolute Gasteiger partial charge is 0.240 e. The molecule has 2 aromatic rings. The third kappa shape index (κ3) is 1.93. The number of nitrogens with zero attached hydrogens (tertiary/aromatic N) is 4. The molecule has 0 bridgehead atoms. The second kappa shape index (κ2) is 4.83. The van der Waals surface area contributed by atoms with E-state index in [1.54, 1.807) is 11.3 Å². The van der Waals surface area contributed by atoms with Crippen LogP contribution in [0.15, 0.2) is 11.4 Å². The molecule has 0 aliphatic carbocycles. The molecule has 0 radical (unpaired) electrons. The molecule has 2 aliphatic rings. The summed E-state index contributed by atoms with van der Waals surface area (Å²) >= 11 is 1.63. The highest BCUT2D eigenvalue weighted by atomic mass is 32.1. The van der Waals surface area contributed by atoms with Crippen molar-refractivity contribution < 1.29 is 0 Å². The van der Waals surface area contributed by atoms with Crippen molar-refractivity contribution in [3.63, 3.8) is 0 Å². The van der Waals surface area contributed by atoms with Crippen LogP contribution in [-0.4, -0.2) is 47.1 Å². The molecular formula is C13H18N6S. The van der Waals surface area contributed by atoms with E-state index in [2.05, 4.69) is 36.6 Å². The minimum absolute atomic E-state index is 0.504. The number of hydrogen-bond donors (Lipinski definition) is 2. The van der Waals surface area contributed by atoms with E-state index < -0.39 is 0 Å². The summed E-state index contributed by atoms with van der Waals surface area (Å²) in [7, 11) is 0. The van der Waals surface area contributed by atoms with Crippen LogP contribution in [0.3, 0.4) is 0 Å². The van der Waals surface area contributed by atoms with E-state index >= 15 is 0 Å². The van der Waals surface area contributed by atoms with Gasteiger partial charge < -0.3 is 4.90 Å². The summed E-state index contributed by atoms with van der Waals surface area (Å²) in [4.78, 5) is 15.0. The van der Waals surface area contributed by atoms with Gasteiger partial charge in [-0.3, -0.25) is 10.3 Å². The van der Waals surface area contributed by atoms with Crippen molar-refractivity contribution >= 4 is 33.3 Å². The van der Waals surface area contributed by atoms with Gasteiger partial charge in [0.05, 0.1) is 5.39 Å². The standard InChI is InChI=1S/C13H18N6S/c14-17-13-15-11(10-3-7-20-12(10)16-13)19-6-5-18-4-1-2-9(18)8-19/h3,7,9H,1-2,4-6,8,14H2,(H,15,16,17). The maximum Gasteiger partial charge on any atom is 0.240 e. The first-order valence-electron chi connectivity index (χ1n) is 7.06. The summed E-state index contributed by atoms with van der Waals surface area (Å²) in [6, 6.07) is 2.79. The highest BCUT2D eigenvalue weighted by molar-refractivity contribution is 7.16. The Bertz CT molecular complexity index is 626. The van der Waals surface area contributed by atoms with Crippen LogP contribution in [0.25, 0.3) is 10.2 Å². The normalized spacial score (nSPS) is 23.2. The third-order valence-electron chi connectivity index (χ3n) is 4.32. The van der Waals surface area contributed by atoms with E-state index in [0.717, 1.165) is 35.7 Å². The minimum atomic E-state index is 0.504. The number of thiophene rings is 1. The number of hydrazine groups is 1. The lowest BCUT2D eigenvalue weighted by Gasteiger charge is -2.38. The maximum absolute atomic E-state index is 5.50. The lowest BCUT2D eigenvalue weighted by atomic mass is 10.1. The molecule has 20 heavy (non-hydrogen) atoms. The summed E-state index contributed by atoms with van der Waals surface area (Å²) in [5.74, 6) is 7.02. The lowest BCUT2D eigenvalue weighted by molar-refractivity contribution is 0.230. The quantitative estimate of drug-likeness (QED) is 0.641. The van der Waals surface area contributed by atoms with Crippen molar-refractivity contribution in [3.05, 3.63) is 11.4 Å². The van der Waals surface area contributed by atoms with E-state index in [9.17, 15) is 0 Å². The Morgan fingerprint density at radius 1 is 1.30 bits per heavy atom. The predicted molar refractivity (Wildman–Crippen MR) is 82.0 cm³/mol. The predicted octanol–water partition coefficient (Wildman–Crippen LogP) is 1.26. The van der Waals surface area contributed by atoms with Gasteiger partial charge in [0, 0.05) is 25.7 Å². The Balaban J connectivity index is 1.72. The van der Waals surface area contributed by atoms with Crippen LogP contribution in [0.2, 0.25) is 0 Å². The molecule has 0 spiro atoms. The molecule has 4 heterocycles. The van der Waals surface area contributed by atoms with E-state index in [1.165, 1.54) is 19.4 Å². The summed E-state index contributed by atoms with van der Waals surface area (Å²) in [5.41, 5.74) is 2.58. The molecule has 0 saturated carbocycles. The van der Waals surface area contributed by atoms with Crippen molar-refractivity contribution in [1.29, 1.82) is 0 Å². The number of anilines is 2. The molecule has 0 amide bonds. The van der Waals surface area contributed by atoms with Gasteiger partial charge in [0.15, 0.2) is 0 Å². The highest BCUT2D eigenvalue weighted by Crippen LogP contribution is 2.31. The molecular weight excluding hydrogens is 272 g/mol. The second-order valence-corrected chi connectivity index (χ2v) is 6.33. The van der Waals surface area contributed by atoms with Gasteiger partial charge in [-0.25, -0.2) is 10.8 Å². The number of rotatable bonds is 2. The molecule has 106 valence electrons. The fraction of sp³-hybridized carbons (Fsp3) is 0.538. The second-order valence-electron chi connectivity index (χ2n) is 5.43. The van der Waals surface area contributed by atoms with Gasteiger partial charge >= 0.3 is 0 Å². The molecule has 2 saturated heterocycles. The van der Waals surface area contributed by atoms with E-state index in [1.807, 2.05) is 0 Å². The monoisotopic (exact) mass is 290 g/mol. The Morgan fingerprint density at radius 3 is 3.15 bits per heavy atom. The van der Waals surface area contributed by atoms with Crippen molar-refractivity contribution in [2.45, 2.75) is 18.9 Å². The van der Waals surface area contributed by atoms with Crippen molar-refractivity contribution in [3.8, 4) is 0 Å². The van der Waals surface area contributed by atoms with Gasteiger partial charge in [0.1, 0.15) is 10.6 Å². The molecule has 2 aromatic heterocycles. The molecule has 1 unspecified atom stereocenters. The molecule has 4 rings (SSSR count). The fourth-order valence-electron chi connectivity index (χ4n) is 3.33. The topological polar surface area (TPSA) is 70.3 Å². The van der Waals surface area contributed by atoms with Gasteiger partial charge in [-0.05, 0) is 30.8 Å². The van der Waals surface area contributed by atoms with Crippen LogP contribution in [0.4, 0.5) is 11.8 Å². The first-order chi connectivity index (χ1) is 9.85. The van der Waals surface area contributed by atoms with Crippen molar-refractivity contribution in [1.82, 2.24) is 14.9 Å². The van der Waals surface area contributed by atoms with E-state index in [4.69, 9.17) is 5.84 Å². The first-order valence-corrected chi connectivity index (χ1v) is 7.94. The first kappa shape index (κ1) is 12.3. The fourth-order valence-corrected chi connectivity index (χ4v) is 4.09. The molecule has 3 N–H and O–H groups in total. The summed E-state index contributed by atoms with van der Waals surface area (Å²) in [6.45, 7) is 4.48. The average molecular weight is 290 g/mol. The summed E-state index contributed by atoms with van der Waals surface area (Å²) in [5, 5.41) is 3.20. The third-order valence-corrected chi connectivity index (χ3v) is 5.13. The lowest BCUT2D eigenvalue weighted by Crippen LogP contribution is -2.50. The Labute approximate surface area is 121 Å². The van der Waals surface area contributed by atoms with Crippen LogP contribution in [0.5, 0.6) is 0 Å². The summed E-state index contributed by atoms with van der Waals surface area (Å²) in [6.07, 6.45) is 2.63. The number of hydrogen-bond acceptors (Lipinski definition) is 7. The Morgan fingerprint density at radius 2 is 2.25 bits per heavy atom. The molecule has 7 heteroatoms. The maximum atomic E-state index is 5.50. The largest absolute Gasteiger partial charge is 0.353 e. The Kier molecular flexibility index (Phi) is 2.98. The van der Waals surface area contributed by atoms with Crippen LogP contribution in [-0.2, 0) is 0 Å². The van der Waals surface area contributed by atoms with Gasteiger partial charge in [-0.2, -0.15) is 4.98 Å². The van der Waals surface area contributed by atoms with Crippen LogP contribution >= 0.6 is 11.3 Å². The number of fused-ring (bicyclic) bond motifs is 2. The van der Waals surface area contributed by atoms with Gasteiger partial charge in [0.2, 0.25) is 5.95 Å². The Hall–Kier alpha value is -1.44. The number of aromatic nitrogens is 2. The molecule has 1 atom stereocenters. The van der Waals surface area contributed by atoms with Crippen molar-refractivity contribution in [2.75, 3.05) is 36.5 Å². The van der Waals surface area contributed by atoms with Crippen molar-refractivity contribution in [2.24, 2.45) is 5.84 Å². The molecule has 6 nitrogen and oxygen atoms in total. The average Bonchev–Trinajstić information content (AvgIpc) is 3.13. The number of piperazine rings is 1. The molecule has 0 aromatic carbocycles. The number of nitrogens with two attached hydrogens (primary N) is 1. The van der Waals surface area contributed by atoms with Gasteiger partial charge in [-0.1, -0.05) is 0 Å². The number of nitrogens with one attached hydrogen (secondary N) is 1. The zero-order valence-electron chi connectivity index (χ0n) is 11.2. The van der Waals surface area contributed by atoms with Crippen LogP contribution in [0, 0.1) is 0 Å². The number of nitrogen functional groups attached to an aromatic ring is 1. The van der Waals surface area contributed by atoms with Crippen LogP contribution < -0.4 is 16.2 Å². The van der Waals surface area contributed by atoms with E-state index in [-0.39, 0.29) is 0 Å². The van der Waals surface area contributed by atoms with Crippen LogP contribution in [0.1, 0.15) is 12.8 Å². The zero-order valence-corrected chi connectivity index (χ0v) is 12.1.